The molecule has 0 radical (unpaired) electrons. The van der Waals surface area contributed by atoms with Crippen LogP contribution < -0.4 is 0 Å². The highest BCUT2D eigenvalue weighted by atomic mass is 35.5. The molecule has 0 aromatic heterocycles. The number of aldehydes is 1. The number of ether oxygens (including phenoxy) is 1. The van der Waals surface area contributed by atoms with Gasteiger partial charge in [0.05, 0.1) is 23.2 Å². The van der Waals surface area contributed by atoms with Gasteiger partial charge in [-0.2, -0.15) is 0 Å². The van der Waals surface area contributed by atoms with Crippen LogP contribution in [0.15, 0.2) is 12.1 Å². The van der Waals surface area contributed by atoms with E-state index in [2.05, 4.69) is 0 Å². The van der Waals surface area contributed by atoms with Gasteiger partial charge in [0.1, 0.15) is 6.29 Å². The fourth-order valence-electron chi connectivity index (χ4n) is 2.09. The van der Waals surface area contributed by atoms with Crippen molar-refractivity contribution in [1.29, 1.82) is 0 Å². The molecule has 0 saturated heterocycles. The number of benzene rings is 1. The Morgan fingerprint density at radius 2 is 2.09 bits per heavy atom. The molecule has 0 spiro atoms. The SMILES string of the molecule is CC(C)COC(=O)N(Cc1cc(C=O)cc(Cl)c1Cl)C1CC1. The molecule has 0 bridgehead atoms. The second kappa shape index (κ2) is 7.34. The normalized spacial score (nSPS) is 14.0. The molecule has 1 fully saturated rings. The highest BCUT2D eigenvalue weighted by Gasteiger charge is 2.34. The second-order valence-electron chi connectivity index (χ2n) is 5.92. The number of rotatable bonds is 6. The monoisotopic (exact) mass is 343 g/mol. The Bertz CT molecular complexity index is 571. The van der Waals surface area contributed by atoms with Gasteiger partial charge in [0, 0.05) is 11.6 Å². The van der Waals surface area contributed by atoms with Crippen molar-refractivity contribution in [3.63, 3.8) is 0 Å². The molecule has 22 heavy (non-hydrogen) atoms. The first kappa shape index (κ1) is 17.1. The Morgan fingerprint density at radius 3 is 2.64 bits per heavy atom. The molecule has 0 heterocycles. The minimum Gasteiger partial charge on any atom is -0.449 e. The zero-order valence-corrected chi connectivity index (χ0v) is 14.2. The summed E-state index contributed by atoms with van der Waals surface area (Å²) in [6, 6.07) is 3.35. The fraction of sp³-hybridized carbons (Fsp3) is 0.500. The maximum Gasteiger partial charge on any atom is 0.410 e. The van der Waals surface area contributed by atoms with Gasteiger partial charge < -0.3 is 9.64 Å². The minimum atomic E-state index is -0.347. The molecule has 120 valence electrons. The van der Waals surface area contributed by atoms with Gasteiger partial charge in [0.2, 0.25) is 0 Å². The number of carbonyl (C=O) groups is 2. The van der Waals surface area contributed by atoms with E-state index in [-0.39, 0.29) is 18.1 Å². The summed E-state index contributed by atoms with van der Waals surface area (Å²) >= 11 is 12.2. The third-order valence-corrected chi connectivity index (χ3v) is 4.21. The number of carbonyl (C=O) groups excluding carboxylic acids is 2. The van der Waals surface area contributed by atoms with Crippen molar-refractivity contribution in [2.75, 3.05) is 6.61 Å². The van der Waals surface area contributed by atoms with Crippen LogP contribution >= 0.6 is 23.2 Å². The van der Waals surface area contributed by atoms with E-state index in [9.17, 15) is 9.59 Å². The largest absolute Gasteiger partial charge is 0.449 e. The van der Waals surface area contributed by atoms with Gasteiger partial charge in [0.25, 0.3) is 0 Å². The smallest absolute Gasteiger partial charge is 0.410 e. The van der Waals surface area contributed by atoms with Crippen LogP contribution in [0.25, 0.3) is 0 Å². The van der Waals surface area contributed by atoms with Gasteiger partial charge >= 0.3 is 6.09 Å². The lowest BCUT2D eigenvalue weighted by atomic mass is 10.1. The quantitative estimate of drug-likeness (QED) is 0.711. The van der Waals surface area contributed by atoms with Crippen molar-refractivity contribution in [2.45, 2.75) is 39.3 Å². The summed E-state index contributed by atoms with van der Waals surface area (Å²) < 4.78 is 5.31. The molecule has 4 nitrogen and oxygen atoms in total. The Kier molecular flexibility index (Phi) is 5.70. The van der Waals surface area contributed by atoms with Crippen LogP contribution in [0, 0.1) is 5.92 Å². The Morgan fingerprint density at radius 1 is 1.41 bits per heavy atom. The lowest BCUT2D eigenvalue weighted by Crippen LogP contribution is -2.34. The van der Waals surface area contributed by atoms with Gasteiger partial charge in [-0.3, -0.25) is 4.79 Å². The van der Waals surface area contributed by atoms with Crippen LogP contribution in [-0.4, -0.2) is 29.9 Å². The predicted molar refractivity (Wildman–Crippen MR) is 86.6 cm³/mol. The number of nitrogens with zero attached hydrogens (tertiary/aromatic N) is 1. The first-order valence-electron chi connectivity index (χ1n) is 7.28. The highest BCUT2D eigenvalue weighted by Crippen LogP contribution is 2.33. The minimum absolute atomic E-state index is 0.175. The summed E-state index contributed by atoms with van der Waals surface area (Å²) in [6.07, 6.45) is 2.27. The van der Waals surface area contributed by atoms with Gasteiger partial charge in [-0.25, -0.2) is 4.79 Å². The van der Waals surface area contributed by atoms with E-state index in [0.717, 1.165) is 12.8 Å². The molecule has 0 N–H and O–H groups in total. The molecular weight excluding hydrogens is 325 g/mol. The molecule has 6 heteroatoms. The van der Waals surface area contributed by atoms with E-state index in [1.807, 2.05) is 13.8 Å². The Labute approximate surface area is 140 Å². The maximum atomic E-state index is 12.2. The van der Waals surface area contributed by atoms with E-state index in [4.69, 9.17) is 27.9 Å². The van der Waals surface area contributed by atoms with E-state index < -0.39 is 0 Å². The summed E-state index contributed by atoms with van der Waals surface area (Å²) in [4.78, 5) is 24.9. The van der Waals surface area contributed by atoms with Crippen molar-refractivity contribution in [3.05, 3.63) is 33.3 Å². The summed E-state index contributed by atoms with van der Waals surface area (Å²) in [5, 5.41) is 0.683. The van der Waals surface area contributed by atoms with Gasteiger partial charge in [-0.05, 0) is 36.5 Å². The van der Waals surface area contributed by atoms with Crippen LogP contribution in [0.5, 0.6) is 0 Å². The summed E-state index contributed by atoms with van der Waals surface area (Å²) in [5.41, 5.74) is 1.10. The molecule has 0 unspecified atom stereocenters. The lowest BCUT2D eigenvalue weighted by Gasteiger charge is -2.23. The Balaban J connectivity index is 2.16. The molecule has 1 aromatic carbocycles. The maximum absolute atomic E-state index is 12.2. The van der Waals surface area contributed by atoms with Crippen LogP contribution in [0.1, 0.15) is 42.6 Å². The molecule has 1 amide bonds. The molecule has 0 atom stereocenters. The first-order chi connectivity index (χ1) is 10.4. The van der Waals surface area contributed by atoms with Crippen LogP contribution in [0.4, 0.5) is 4.79 Å². The van der Waals surface area contributed by atoms with Gasteiger partial charge in [-0.15, -0.1) is 0 Å². The van der Waals surface area contributed by atoms with Crippen molar-refractivity contribution < 1.29 is 14.3 Å². The van der Waals surface area contributed by atoms with Crippen molar-refractivity contribution in [3.8, 4) is 0 Å². The molecule has 0 aliphatic heterocycles. The van der Waals surface area contributed by atoms with E-state index in [0.29, 0.717) is 40.6 Å². The van der Waals surface area contributed by atoms with Gasteiger partial charge in [0.15, 0.2) is 0 Å². The predicted octanol–water partition coefficient (Wildman–Crippen LogP) is 4.56. The highest BCUT2D eigenvalue weighted by molar-refractivity contribution is 6.42. The van der Waals surface area contributed by atoms with E-state index in [1.54, 1.807) is 11.0 Å². The van der Waals surface area contributed by atoms with Gasteiger partial charge in [-0.1, -0.05) is 37.0 Å². The first-order valence-corrected chi connectivity index (χ1v) is 8.04. The molecular formula is C16H19Cl2NO3. The fourth-order valence-corrected chi connectivity index (χ4v) is 2.50. The zero-order valence-electron chi connectivity index (χ0n) is 12.6. The summed E-state index contributed by atoms with van der Waals surface area (Å²) in [5.74, 6) is 0.279. The van der Waals surface area contributed by atoms with E-state index in [1.165, 1.54) is 6.07 Å². The number of hydrogen-bond donors (Lipinski definition) is 0. The summed E-state index contributed by atoms with van der Waals surface area (Å²) in [6.45, 7) is 4.64. The Hall–Kier alpha value is -1.26. The average molecular weight is 344 g/mol. The lowest BCUT2D eigenvalue weighted by molar-refractivity contribution is 0.0870. The molecule has 1 saturated carbocycles. The topological polar surface area (TPSA) is 46.6 Å². The number of halogens is 2. The average Bonchev–Trinajstić information content (AvgIpc) is 3.30. The van der Waals surface area contributed by atoms with E-state index >= 15 is 0 Å². The molecule has 1 aliphatic carbocycles. The zero-order chi connectivity index (χ0) is 16.3. The van der Waals surface area contributed by atoms with Crippen LogP contribution in [-0.2, 0) is 11.3 Å². The molecule has 1 aliphatic rings. The van der Waals surface area contributed by atoms with Crippen molar-refractivity contribution in [2.24, 2.45) is 5.92 Å². The standard InChI is InChI=1S/C16H19Cl2NO3/c1-10(2)9-22-16(21)19(13-3-4-13)7-12-5-11(8-20)6-14(17)15(12)18/h5-6,8,10,13H,3-4,7,9H2,1-2H3. The summed E-state index contributed by atoms with van der Waals surface area (Å²) in [7, 11) is 0. The number of amides is 1. The third-order valence-electron chi connectivity index (χ3n) is 3.36. The number of hydrogen-bond acceptors (Lipinski definition) is 3. The van der Waals surface area contributed by atoms with Crippen LogP contribution in [0.3, 0.4) is 0 Å². The van der Waals surface area contributed by atoms with Crippen molar-refractivity contribution >= 4 is 35.6 Å². The molecule has 1 aromatic rings. The second-order valence-corrected chi connectivity index (χ2v) is 6.71. The molecule has 2 rings (SSSR count). The van der Waals surface area contributed by atoms with Crippen molar-refractivity contribution in [1.82, 2.24) is 4.90 Å². The third kappa shape index (κ3) is 4.37. The van der Waals surface area contributed by atoms with Crippen LogP contribution in [0.2, 0.25) is 10.0 Å².